The number of carbonyl (C=O) groups excluding carboxylic acids is 1. The molecule has 0 unspecified atom stereocenters. The van der Waals surface area contributed by atoms with Gasteiger partial charge in [0, 0.05) is 18.7 Å². The van der Waals surface area contributed by atoms with Gasteiger partial charge >= 0.3 is 5.69 Å². The van der Waals surface area contributed by atoms with Crippen molar-refractivity contribution in [3.63, 3.8) is 0 Å². The Morgan fingerprint density at radius 2 is 1.89 bits per heavy atom. The zero-order chi connectivity index (χ0) is 19.2. The molecular weight excluding hydrogens is 348 g/mol. The van der Waals surface area contributed by atoms with Gasteiger partial charge in [-0.15, -0.1) is 0 Å². The number of anilines is 1. The number of rotatable bonds is 6. The van der Waals surface area contributed by atoms with Gasteiger partial charge in [0.2, 0.25) is 5.91 Å². The number of aromatic amines is 1. The van der Waals surface area contributed by atoms with Crippen molar-refractivity contribution in [1.82, 2.24) is 9.55 Å². The van der Waals surface area contributed by atoms with Crippen LogP contribution in [0.25, 0.3) is 10.9 Å². The predicted molar refractivity (Wildman–Crippen MR) is 99.6 cm³/mol. The fourth-order valence-corrected chi connectivity index (χ4v) is 2.65. The van der Waals surface area contributed by atoms with Crippen LogP contribution in [0.15, 0.2) is 58.1 Å². The van der Waals surface area contributed by atoms with Crippen LogP contribution in [0.2, 0.25) is 0 Å². The first-order valence-corrected chi connectivity index (χ1v) is 8.20. The Morgan fingerprint density at radius 1 is 1.15 bits per heavy atom. The largest absolute Gasteiger partial charge is 0.479 e. The van der Waals surface area contributed by atoms with Gasteiger partial charge in [-0.1, -0.05) is 12.1 Å². The predicted octanol–water partition coefficient (Wildman–Crippen LogP) is 1.62. The summed E-state index contributed by atoms with van der Waals surface area (Å²) in [5.41, 5.74) is 0.0570. The number of nitrogens with one attached hydrogen (secondary N) is 2. The Kier molecular flexibility index (Phi) is 5.33. The van der Waals surface area contributed by atoms with Crippen LogP contribution in [0, 0.1) is 11.3 Å². The second kappa shape index (κ2) is 8.01. The standard InChI is InChI=1S/C19H16N4O4/c20-10-12-27-14-7-5-13(6-8-14)21-17(24)9-11-23-16-4-2-1-3-15(16)18(25)22-19(23)26/h1-8H,9,11-12H2,(H,21,24)(H,22,25,26). The molecule has 136 valence electrons. The summed E-state index contributed by atoms with van der Waals surface area (Å²) in [6.07, 6.45) is 0.0582. The van der Waals surface area contributed by atoms with E-state index in [-0.39, 0.29) is 25.5 Å². The molecule has 0 saturated heterocycles. The summed E-state index contributed by atoms with van der Waals surface area (Å²) in [4.78, 5) is 38.4. The van der Waals surface area contributed by atoms with Crippen molar-refractivity contribution >= 4 is 22.5 Å². The fraction of sp³-hybridized carbons (Fsp3) is 0.158. The van der Waals surface area contributed by atoms with Gasteiger partial charge < -0.3 is 10.1 Å². The smallest absolute Gasteiger partial charge is 0.328 e. The zero-order valence-corrected chi connectivity index (χ0v) is 14.3. The molecule has 1 heterocycles. The normalized spacial score (nSPS) is 10.3. The van der Waals surface area contributed by atoms with E-state index in [1.807, 2.05) is 6.07 Å². The van der Waals surface area contributed by atoms with Crippen molar-refractivity contribution in [2.75, 3.05) is 11.9 Å². The lowest BCUT2D eigenvalue weighted by Gasteiger charge is -2.10. The fourth-order valence-electron chi connectivity index (χ4n) is 2.65. The summed E-state index contributed by atoms with van der Waals surface area (Å²) in [6, 6.07) is 15.2. The molecule has 27 heavy (non-hydrogen) atoms. The molecule has 0 atom stereocenters. The number of nitrogens with zero attached hydrogens (tertiary/aromatic N) is 2. The van der Waals surface area contributed by atoms with Crippen LogP contribution in [-0.4, -0.2) is 22.1 Å². The van der Waals surface area contributed by atoms with E-state index in [9.17, 15) is 14.4 Å². The number of hydrogen-bond donors (Lipinski definition) is 2. The van der Waals surface area contributed by atoms with Crippen molar-refractivity contribution in [3.8, 4) is 11.8 Å². The number of H-pyrrole nitrogens is 1. The van der Waals surface area contributed by atoms with Crippen molar-refractivity contribution in [2.24, 2.45) is 0 Å². The summed E-state index contributed by atoms with van der Waals surface area (Å²) in [7, 11) is 0. The van der Waals surface area contributed by atoms with Crippen LogP contribution < -0.4 is 21.3 Å². The number of para-hydroxylation sites is 1. The van der Waals surface area contributed by atoms with Crippen LogP contribution in [-0.2, 0) is 11.3 Å². The average Bonchev–Trinajstić information content (AvgIpc) is 2.67. The molecule has 3 aromatic rings. The van der Waals surface area contributed by atoms with Crippen molar-refractivity contribution in [2.45, 2.75) is 13.0 Å². The number of hydrogen-bond acceptors (Lipinski definition) is 5. The number of ether oxygens (including phenoxy) is 1. The lowest BCUT2D eigenvalue weighted by Crippen LogP contribution is -2.31. The third-order valence-corrected chi connectivity index (χ3v) is 3.91. The first-order chi connectivity index (χ1) is 13.1. The van der Waals surface area contributed by atoms with Crippen LogP contribution in [0.3, 0.4) is 0 Å². The molecule has 0 saturated carbocycles. The minimum absolute atomic E-state index is 0.0480. The lowest BCUT2D eigenvalue weighted by atomic mass is 10.2. The van der Waals surface area contributed by atoms with E-state index in [4.69, 9.17) is 10.00 Å². The highest BCUT2D eigenvalue weighted by molar-refractivity contribution is 5.90. The van der Waals surface area contributed by atoms with E-state index in [1.165, 1.54) is 4.57 Å². The molecule has 0 aliphatic carbocycles. The Labute approximate surface area is 153 Å². The van der Waals surface area contributed by atoms with Crippen molar-refractivity contribution in [1.29, 1.82) is 5.26 Å². The van der Waals surface area contributed by atoms with Gasteiger partial charge in [-0.25, -0.2) is 4.79 Å². The molecule has 0 bridgehead atoms. The van der Waals surface area contributed by atoms with Crippen molar-refractivity contribution < 1.29 is 9.53 Å². The summed E-state index contributed by atoms with van der Waals surface area (Å²) in [6.45, 7) is 0.0822. The SMILES string of the molecule is N#CCOc1ccc(NC(=O)CCn2c(=O)[nH]c(=O)c3ccccc32)cc1. The molecule has 0 spiro atoms. The van der Waals surface area contributed by atoms with E-state index in [0.717, 1.165) is 0 Å². The van der Waals surface area contributed by atoms with E-state index >= 15 is 0 Å². The third-order valence-electron chi connectivity index (χ3n) is 3.91. The minimum atomic E-state index is -0.550. The highest BCUT2D eigenvalue weighted by Gasteiger charge is 2.09. The summed E-state index contributed by atoms with van der Waals surface area (Å²) >= 11 is 0. The maximum atomic E-state index is 12.2. The maximum Gasteiger partial charge on any atom is 0.328 e. The number of amides is 1. The topological polar surface area (TPSA) is 117 Å². The number of carbonyl (C=O) groups is 1. The molecule has 3 rings (SSSR count). The molecule has 8 heteroatoms. The van der Waals surface area contributed by atoms with E-state index in [2.05, 4.69) is 10.3 Å². The number of aromatic nitrogens is 2. The van der Waals surface area contributed by atoms with Gasteiger partial charge in [-0.2, -0.15) is 5.26 Å². The molecule has 8 nitrogen and oxygen atoms in total. The number of aryl methyl sites for hydroxylation is 1. The molecule has 0 fully saturated rings. The second-order valence-corrected chi connectivity index (χ2v) is 5.70. The highest BCUT2D eigenvalue weighted by Crippen LogP contribution is 2.16. The van der Waals surface area contributed by atoms with E-state index in [1.54, 1.807) is 48.5 Å². The summed E-state index contributed by atoms with van der Waals surface area (Å²) in [5.74, 6) is 0.253. The van der Waals surface area contributed by atoms with Crippen LogP contribution >= 0.6 is 0 Å². The maximum absolute atomic E-state index is 12.2. The quantitative estimate of drug-likeness (QED) is 0.689. The monoisotopic (exact) mass is 364 g/mol. The van der Waals surface area contributed by atoms with Gasteiger partial charge in [0.1, 0.15) is 11.8 Å². The molecule has 0 radical (unpaired) electrons. The van der Waals surface area contributed by atoms with Crippen LogP contribution in [0.4, 0.5) is 5.69 Å². The van der Waals surface area contributed by atoms with Gasteiger partial charge in [0.15, 0.2) is 6.61 Å². The van der Waals surface area contributed by atoms with Gasteiger partial charge in [-0.05, 0) is 36.4 Å². The minimum Gasteiger partial charge on any atom is -0.479 e. The molecule has 0 aliphatic heterocycles. The van der Waals surface area contributed by atoms with E-state index in [0.29, 0.717) is 22.3 Å². The van der Waals surface area contributed by atoms with Crippen LogP contribution in [0.5, 0.6) is 5.75 Å². The number of fused-ring (bicyclic) bond motifs is 1. The lowest BCUT2D eigenvalue weighted by molar-refractivity contribution is -0.116. The summed E-state index contributed by atoms with van der Waals surface area (Å²) in [5, 5.41) is 11.6. The molecule has 2 aromatic carbocycles. The Balaban J connectivity index is 1.68. The molecule has 1 amide bonds. The first kappa shape index (κ1) is 17.9. The Bertz CT molecular complexity index is 1120. The van der Waals surface area contributed by atoms with Gasteiger partial charge in [0.25, 0.3) is 5.56 Å². The third kappa shape index (κ3) is 4.22. The number of nitriles is 1. The van der Waals surface area contributed by atoms with Crippen molar-refractivity contribution in [3.05, 3.63) is 69.4 Å². The zero-order valence-electron chi connectivity index (χ0n) is 14.3. The first-order valence-electron chi connectivity index (χ1n) is 8.20. The molecular formula is C19H16N4O4. The van der Waals surface area contributed by atoms with Gasteiger partial charge in [-0.3, -0.25) is 19.1 Å². The van der Waals surface area contributed by atoms with Gasteiger partial charge in [0.05, 0.1) is 10.9 Å². The second-order valence-electron chi connectivity index (χ2n) is 5.70. The average molecular weight is 364 g/mol. The summed E-state index contributed by atoms with van der Waals surface area (Å²) < 4.78 is 6.51. The molecule has 0 aliphatic rings. The van der Waals surface area contributed by atoms with Crippen LogP contribution in [0.1, 0.15) is 6.42 Å². The Morgan fingerprint density at radius 3 is 2.63 bits per heavy atom. The Hall–Kier alpha value is -3.86. The number of benzene rings is 2. The molecule has 2 N–H and O–H groups in total. The molecule has 1 aromatic heterocycles. The highest BCUT2D eigenvalue weighted by atomic mass is 16.5. The van der Waals surface area contributed by atoms with E-state index < -0.39 is 11.2 Å².